The van der Waals surface area contributed by atoms with Crippen molar-refractivity contribution in [2.24, 2.45) is 17.0 Å². The van der Waals surface area contributed by atoms with Gasteiger partial charge < -0.3 is 24.6 Å². The Balaban J connectivity index is 1.39. The van der Waals surface area contributed by atoms with Gasteiger partial charge in [-0.2, -0.15) is 0 Å². The van der Waals surface area contributed by atoms with E-state index in [1.807, 2.05) is 38.1 Å². The lowest BCUT2D eigenvalue weighted by molar-refractivity contribution is -0.232. The van der Waals surface area contributed by atoms with Crippen molar-refractivity contribution >= 4 is 12.1 Å². The Bertz CT molecular complexity index is 1150. The maximum Gasteiger partial charge on any atom is 0.407 e. The van der Waals surface area contributed by atoms with Crippen LogP contribution in [0.15, 0.2) is 53.6 Å². The third kappa shape index (κ3) is 6.89. The second-order valence-corrected chi connectivity index (χ2v) is 10.2. The number of alkyl carbamates (subject to hydrolysis) is 1. The maximum atomic E-state index is 13.1. The monoisotopic (exact) mass is 536 g/mol. The van der Waals surface area contributed by atoms with Gasteiger partial charge in [-0.15, -0.1) is 0 Å². The summed E-state index contributed by atoms with van der Waals surface area (Å²) in [5.41, 5.74) is 13.4. The van der Waals surface area contributed by atoms with Gasteiger partial charge in [0.15, 0.2) is 6.29 Å². The number of fused-ring (bicyclic) bond motifs is 3. The molecule has 0 aromatic heterocycles. The van der Waals surface area contributed by atoms with Crippen molar-refractivity contribution in [3.05, 3.63) is 70.1 Å². The molecule has 1 amide bonds. The van der Waals surface area contributed by atoms with Crippen LogP contribution in [0.5, 0.6) is 0 Å². The van der Waals surface area contributed by atoms with E-state index in [-0.39, 0.29) is 43.4 Å². The van der Waals surface area contributed by atoms with Gasteiger partial charge in [-0.3, -0.25) is 4.79 Å². The number of carbonyl (C=O) groups excluding carboxylic acids is 1. The molecule has 0 radical (unpaired) electrons. The fourth-order valence-electron chi connectivity index (χ4n) is 5.49. The average molecular weight is 537 g/mol. The number of aliphatic carboxylic acids is 1. The highest BCUT2D eigenvalue weighted by Gasteiger charge is 2.43. The number of carbonyl (C=O) groups is 2. The molecule has 4 rings (SSSR count). The normalized spacial score (nSPS) is 23.8. The number of nitrogens with one attached hydrogen (secondary N) is 1. The molecule has 2 aromatic carbocycles. The Morgan fingerprint density at radius 2 is 1.69 bits per heavy atom. The first kappa shape index (κ1) is 28.4. The van der Waals surface area contributed by atoms with E-state index >= 15 is 0 Å². The van der Waals surface area contributed by atoms with Gasteiger partial charge in [0, 0.05) is 23.9 Å². The van der Waals surface area contributed by atoms with E-state index in [4.69, 9.17) is 24.8 Å². The number of carboxylic acid groups (broad SMARTS) is 1. The quantitative estimate of drug-likeness (QED) is 0.150. The lowest BCUT2D eigenvalue weighted by Gasteiger charge is -2.44. The summed E-state index contributed by atoms with van der Waals surface area (Å²) in [7, 11) is 0. The number of ether oxygens (including phenoxy) is 3. The molecule has 5 unspecified atom stereocenters. The summed E-state index contributed by atoms with van der Waals surface area (Å²) >= 11 is 0. The summed E-state index contributed by atoms with van der Waals surface area (Å²) in [6.07, 6.45) is 0.400. The molecule has 2 aliphatic rings. The Morgan fingerprint density at radius 3 is 2.33 bits per heavy atom. The molecule has 1 saturated heterocycles. The smallest absolute Gasteiger partial charge is 0.407 e. The van der Waals surface area contributed by atoms with Crippen LogP contribution in [0, 0.1) is 11.8 Å². The number of azide groups is 1. The Hall–Kier alpha value is -3.59. The van der Waals surface area contributed by atoms with Crippen molar-refractivity contribution in [1.82, 2.24) is 5.32 Å². The zero-order chi connectivity index (χ0) is 27.8. The summed E-state index contributed by atoms with van der Waals surface area (Å²) in [6, 6.07) is 15.9. The van der Waals surface area contributed by atoms with Crippen LogP contribution >= 0.6 is 0 Å². The predicted octanol–water partition coefficient (Wildman–Crippen LogP) is 5.86. The second kappa shape index (κ2) is 13.5. The molecular formula is C29H36N4O6. The summed E-state index contributed by atoms with van der Waals surface area (Å²) in [5.74, 6) is -0.921. The molecule has 0 saturated carbocycles. The lowest BCUT2D eigenvalue weighted by atomic mass is 9.82. The van der Waals surface area contributed by atoms with E-state index in [1.54, 1.807) is 0 Å². The Labute approximate surface area is 228 Å². The van der Waals surface area contributed by atoms with Crippen molar-refractivity contribution in [2.45, 2.75) is 63.9 Å². The van der Waals surface area contributed by atoms with Gasteiger partial charge in [0.1, 0.15) is 6.61 Å². The molecule has 0 spiro atoms. The lowest BCUT2D eigenvalue weighted by Crippen LogP contribution is -2.58. The molecule has 0 bridgehead atoms. The first-order valence-electron chi connectivity index (χ1n) is 13.5. The number of unbranched alkanes of at least 4 members (excludes halogenated alkanes) is 2. The highest BCUT2D eigenvalue weighted by Crippen LogP contribution is 2.44. The first-order chi connectivity index (χ1) is 18.9. The second-order valence-electron chi connectivity index (χ2n) is 10.2. The van der Waals surface area contributed by atoms with Gasteiger partial charge in [-0.25, -0.2) is 4.79 Å². The zero-order valence-electron chi connectivity index (χ0n) is 22.4. The molecule has 39 heavy (non-hydrogen) atoms. The standard InChI is InChI=1S/C29H36N4O6/c1-18-19(2)27(28(39-25(18)16-31-33-30)37-15-9-3-4-14-26(34)35)32-29(36)38-17-24-22-12-7-5-10-20(22)21-11-6-8-13-23(21)24/h5-8,10-13,18-19,24-25,27-28H,3-4,9,14-17H2,1-2H3,(H,32,36)(H,34,35). The minimum Gasteiger partial charge on any atom is -0.481 e. The fourth-order valence-corrected chi connectivity index (χ4v) is 5.49. The van der Waals surface area contributed by atoms with Crippen LogP contribution in [0.4, 0.5) is 4.79 Å². The van der Waals surface area contributed by atoms with E-state index in [0.717, 1.165) is 22.3 Å². The highest BCUT2D eigenvalue weighted by molar-refractivity contribution is 5.79. The third-order valence-electron chi connectivity index (χ3n) is 7.85. The SMILES string of the molecule is CC1C(CN=[N+]=[N-])OC(OCCCCCC(=O)O)C(NC(=O)OCC2c3ccccc3-c3ccccc32)C1C. The molecule has 5 atom stereocenters. The first-order valence-corrected chi connectivity index (χ1v) is 13.5. The third-order valence-corrected chi connectivity index (χ3v) is 7.85. The molecular weight excluding hydrogens is 500 g/mol. The van der Waals surface area contributed by atoms with Crippen molar-refractivity contribution in [1.29, 1.82) is 0 Å². The predicted molar refractivity (Wildman–Crippen MR) is 145 cm³/mol. The largest absolute Gasteiger partial charge is 0.481 e. The molecule has 208 valence electrons. The Kier molecular flexibility index (Phi) is 9.81. The number of hydrogen-bond donors (Lipinski definition) is 2. The Morgan fingerprint density at radius 1 is 1.03 bits per heavy atom. The maximum absolute atomic E-state index is 13.1. The molecule has 2 aromatic rings. The van der Waals surface area contributed by atoms with Crippen molar-refractivity contribution in [3.63, 3.8) is 0 Å². The minimum atomic E-state index is -0.817. The topological polar surface area (TPSA) is 143 Å². The van der Waals surface area contributed by atoms with Crippen LogP contribution in [-0.2, 0) is 19.0 Å². The van der Waals surface area contributed by atoms with Crippen LogP contribution in [0.2, 0.25) is 0 Å². The molecule has 1 fully saturated rings. The molecule has 1 aliphatic carbocycles. The van der Waals surface area contributed by atoms with Gasteiger partial charge in [0.2, 0.25) is 0 Å². The molecule has 2 N–H and O–H groups in total. The number of carboxylic acids is 1. The minimum absolute atomic E-state index is 0.00944. The number of rotatable bonds is 12. The highest BCUT2D eigenvalue weighted by atomic mass is 16.7. The van der Waals surface area contributed by atoms with Gasteiger partial charge >= 0.3 is 12.1 Å². The van der Waals surface area contributed by atoms with E-state index in [0.29, 0.717) is 25.9 Å². The van der Waals surface area contributed by atoms with Gasteiger partial charge in [-0.1, -0.05) is 73.9 Å². The van der Waals surface area contributed by atoms with Gasteiger partial charge in [-0.05, 0) is 52.5 Å². The van der Waals surface area contributed by atoms with Crippen LogP contribution in [-0.4, -0.2) is 55.4 Å². The van der Waals surface area contributed by atoms with E-state index in [9.17, 15) is 9.59 Å². The van der Waals surface area contributed by atoms with Crippen LogP contribution < -0.4 is 5.32 Å². The molecule has 1 aliphatic heterocycles. The average Bonchev–Trinajstić information content (AvgIpc) is 3.25. The van der Waals surface area contributed by atoms with E-state index in [2.05, 4.69) is 39.6 Å². The van der Waals surface area contributed by atoms with Gasteiger partial charge in [0.25, 0.3) is 0 Å². The zero-order valence-corrected chi connectivity index (χ0v) is 22.4. The molecule has 1 heterocycles. The summed E-state index contributed by atoms with van der Waals surface area (Å²) < 4.78 is 17.9. The summed E-state index contributed by atoms with van der Waals surface area (Å²) in [5, 5.41) is 15.5. The van der Waals surface area contributed by atoms with Crippen molar-refractivity contribution in [3.8, 4) is 11.1 Å². The summed E-state index contributed by atoms with van der Waals surface area (Å²) in [6.45, 7) is 4.72. The summed E-state index contributed by atoms with van der Waals surface area (Å²) in [4.78, 5) is 26.6. The number of amides is 1. The molecule has 10 heteroatoms. The number of nitrogens with zero attached hydrogens (tertiary/aromatic N) is 3. The number of benzene rings is 2. The van der Waals surface area contributed by atoms with Crippen molar-refractivity contribution < 1.29 is 28.9 Å². The van der Waals surface area contributed by atoms with E-state index < -0.39 is 24.4 Å². The van der Waals surface area contributed by atoms with Crippen LogP contribution in [0.3, 0.4) is 0 Å². The van der Waals surface area contributed by atoms with Gasteiger partial charge in [0.05, 0.1) is 18.7 Å². The van der Waals surface area contributed by atoms with E-state index in [1.165, 1.54) is 0 Å². The fraction of sp³-hybridized carbons (Fsp3) is 0.517. The molecule has 10 nitrogen and oxygen atoms in total. The van der Waals surface area contributed by atoms with Crippen molar-refractivity contribution in [2.75, 3.05) is 19.8 Å². The van der Waals surface area contributed by atoms with Crippen LogP contribution in [0.1, 0.15) is 56.6 Å². The number of hydrogen-bond acceptors (Lipinski definition) is 6. The van der Waals surface area contributed by atoms with Crippen LogP contribution in [0.25, 0.3) is 21.6 Å².